The zero-order valence-corrected chi connectivity index (χ0v) is 12.1. The summed E-state index contributed by atoms with van der Waals surface area (Å²) < 4.78 is 0. The highest BCUT2D eigenvalue weighted by Gasteiger charge is 2.22. The van der Waals surface area contributed by atoms with Crippen molar-refractivity contribution in [1.82, 2.24) is 4.90 Å². The number of halogens is 1. The number of rotatable bonds is 7. The molecule has 0 saturated heterocycles. The molecule has 1 atom stereocenters. The first-order chi connectivity index (χ1) is 9.36. The first-order valence-electron chi connectivity index (χ1n) is 6.24. The van der Waals surface area contributed by atoms with Crippen molar-refractivity contribution in [2.45, 2.75) is 32.9 Å². The molecule has 0 fully saturated rings. The molecule has 0 radical (unpaired) electrons. The smallest absolute Gasteiger partial charge is 0.304 e. The summed E-state index contributed by atoms with van der Waals surface area (Å²) in [5.74, 6) is -0.899. The van der Waals surface area contributed by atoms with Crippen LogP contribution in [0.4, 0.5) is 5.69 Å². The van der Waals surface area contributed by atoms with E-state index in [1.165, 1.54) is 12.1 Å². The molecule has 20 heavy (non-hydrogen) atoms. The van der Waals surface area contributed by atoms with Crippen LogP contribution in [0.3, 0.4) is 0 Å². The summed E-state index contributed by atoms with van der Waals surface area (Å²) >= 11 is 6.04. The molecule has 6 nitrogen and oxygen atoms in total. The predicted octanol–water partition coefficient (Wildman–Crippen LogP) is 2.93. The second kappa shape index (κ2) is 7.21. The molecule has 0 saturated carbocycles. The molecule has 1 aromatic rings. The Morgan fingerprint density at radius 3 is 2.70 bits per heavy atom. The van der Waals surface area contributed by atoms with Crippen molar-refractivity contribution >= 4 is 23.3 Å². The lowest BCUT2D eigenvalue weighted by atomic mass is 10.1. The maximum atomic E-state index is 11.0. The Bertz CT molecular complexity index is 507. The van der Waals surface area contributed by atoms with E-state index in [9.17, 15) is 14.9 Å². The lowest BCUT2D eigenvalue weighted by Gasteiger charge is -2.26. The second-order valence-corrected chi connectivity index (χ2v) is 4.91. The van der Waals surface area contributed by atoms with Crippen LogP contribution in [0.2, 0.25) is 5.02 Å². The van der Waals surface area contributed by atoms with Crippen molar-refractivity contribution in [1.29, 1.82) is 0 Å². The Kier molecular flexibility index (Phi) is 5.91. The first kappa shape index (κ1) is 16.4. The number of hydrogen-bond donors (Lipinski definition) is 1. The van der Waals surface area contributed by atoms with E-state index >= 15 is 0 Å². The summed E-state index contributed by atoms with van der Waals surface area (Å²) in [4.78, 5) is 23.2. The molecule has 1 N–H and O–H groups in total. The van der Waals surface area contributed by atoms with Crippen molar-refractivity contribution in [2.24, 2.45) is 0 Å². The zero-order chi connectivity index (χ0) is 15.3. The Morgan fingerprint density at radius 1 is 1.55 bits per heavy atom. The van der Waals surface area contributed by atoms with Crippen LogP contribution in [-0.2, 0) is 11.3 Å². The third-order valence-corrected chi connectivity index (χ3v) is 3.51. The number of carbonyl (C=O) groups is 1. The van der Waals surface area contributed by atoms with Crippen molar-refractivity contribution in [3.63, 3.8) is 0 Å². The molecule has 110 valence electrons. The summed E-state index contributed by atoms with van der Waals surface area (Å²) in [5.41, 5.74) is 0.372. The van der Waals surface area contributed by atoms with E-state index in [1.807, 2.05) is 11.8 Å². The van der Waals surface area contributed by atoms with Gasteiger partial charge in [0.05, 0.1) is 21.9 Å². The second-order valence-electron chi connectivity index (χ2n) is 4.50. The van der Waals surface area contributed by atoms with Crippen molar-refractivity contribution in [3.05, 3.63) is 38.9 Å². The maximum Gasteiger partial charge on any atom is 0.304 e. The fourth-order valence-electron chi connectivity index (χ4n) is 2.04. The van der Waals surface area contributed by atoms with Gasteiger partial charge in [-0.2, -0.15) is 0 Å². The van der Waals surface area contributed by atoms with Crippen LogP contribution in [0.5, 0.6) is 0 Å². The minimum atomic E-state index is -0.899. The molecule has 0 aromatic heterocycles. The first-order valence-corrected chi connectivity index (χ1v) is 6.62. The number of nitro groups is 1. The lowest BCUT2D eigenvalue weighted by Crippen LogP contribution is -2.34. The van der Waals surface area contributed by atoms with Crippen LogP contribution in [0.1, 0.15) is 25.8 Å². The molecule has 0 aliphatic rings. The van der Waals surface area contributed by atoms with E-state index < -0.39 is 10.9 Å². The van der Waals surface area contributed by atoms with Crippen LogP contribution in [0.15, 0.2) is 18.2 Å². The van der Waals surface area contributed by atoms with E-state index in [0.717, 1.165) is 0 Å². The number of nitrogens with zero attached hydrogens (tertiary/aromatic N) is 2. The van der Waals surface area contributed by atoms with Gasteiger partial charge in [-0.05, 0) is 19.5 Å². The highest BCUT2D eigenvalue weighted by molar-refractivity contribution is 6.31. The average Bonchev–Trinajstić information content (AvgIpc) is 2.35. The van der Waals surface area contributed by atoms with Gasteiger partial charge in [-0.25, -0.2) is 0 Å². The fraction of sp³-hybridized carbons (Fsp3) is 0.462. The number of aliphatic carboxylic acids is 1. The molecule has 7 heteroatoms. The van der Waals surface area contributed by atoms with Gasteiger partial charge in [-0.15, -0.1) is 0 Å². The van der Waals surface area contributed by atoms with Crippen LogP contribution in [-0.4, -0.2) is 33.5 Å². The molecule has 0 bridgehead atoms. The van der Waals surface area contributed by atoms with Gasteiger partial charge in [0.1, 0.15) is 0 Å². The Hall–Kier alpha value is -1.66. The molecule has 1 unspecified atom stereocenters. The molecule has 1 rings (SSSR count). The molecule has 0 aliphatic heterocycles. The number of carboxylic acids is 1. The van der Waals surface area contributed by atoms with Gasteiger partial charge in [-0.1, -0.05) is 24.6 Å². The summed E-state index contributed by atoms with van der Waals surface area (Å²) in [6.07, 6.45) is -0.0217. The van der Waals surface area contributed by atoms with E-state index in [-0.39, 0.29) is 24.7 Å². The van der Waals surface area contributed by atoms with Crippen LogP contribution in [0.25, 0.3) is 0 Å². The third kappa shape index (κ3) is 4.18. The van der Waals surface area contributed by atoms with Gasteiger partial charge in [0.2, 0.25) is 0 Å². The minimum absolute atomic E-state index is 0.0217. The highest BCUT2D eigenvalue weighted by atomic mass is 35.5. The van der Waals surface area contributed by atoms with Crippen molar-refractivity contribution < 1.29 is 14.8 Å². The predicted molar refractivity (Wildman–Crippen MR) is 75.9 cm³/mol. The number of hydrogen-bond acceptors (Lipinski definition) is 4. The van der Waals surface area contributed by atoms with E-state index in [0.29, 0.717) is 17.1 Å². The number of benzene rings is 1. The van der Waals surface area contributed by atoms with E-state index in [1.54, 1.807) is 13.0 Å². The maximum absolute atomic E-state index is 11.0. The third-order valence-electron chi connectivity index (χ3n) is 3.15. The van der Waals surface area contributed by atoms with E-state index in [2.05, 4.69) is 0 Å². The standard InChI is InChI=1S/C13H17ClN2O4/c1-3-15(9(2)7-13(17)18)8-10-11(14)5-4-6-12(10)16(19)20/h4-6,9H,3,7-8H2,1-2H3,(H,17,18). The molecule has 0 spiro atoms. The monoisotopic (exact) mass is 300 g/mol. The highest BCUT2D eigenvalue weighted by Crippen LogP contribution is 2.28. The van der Waals surface area contributed by atoms with Crippen molar-refractivity contribution in [2.75, 3.05) is 6.54 Å². The van der Waals surface area contributed by atoms with Gasteiger partial charge in [-0.3, -0.25) is 19.8 Å². The van der Waals surface area contributed by atoms with Gasteiger partial charge < -0.3 is 5.11 Å². The Balaban J connectivity index is 3.00. The lowest BCUT2D eigenvalue weighted by molar-refractivity contribution is -0.385. The molecule has 0 aliphatic carbocycles. The molecule has 1 aromatic carbocycles. The van der Waals surface area contributed by atoms with Crippen LogP contribution < -0.4 is 0 Å². The van der Waals surface area contributed by atoms with Gasteiger partial charge in [0.15, 0.2) is 0 Å². The average molecular weight is 301 g/mol. The fourth-order valence-corrected chi connectivity index (χ4v) is 2.27. The topological polar surface area (TPSA) is 83.7 Å². The van der Waals surface area contributed by atoms with Gasteiger partial charge in [0.25, 0.3) is 5.69 Å². The summed E-state index contributed by atoms with van der Waals surface area (Å²) in [7, 11) is 0. The summed E-state index contributed by atoms with van der Waals surface area (Å²) in [6.45, 7) is 4.49. The van der Waals surface area contributed by atoms with Crippen LogP contribution >= 0.6 is 11.6 Å². The molecule has 0 heterocycles. The minimum Gasteiger partial charge on any atom is -0.481 e. The number of carboxylic acid groups (broad SMARTS) is 1. The van der Waals surface area contributed by atoms with Gasteiger partial charge >= 0.3 is 5.97 Å². The quantitative estimate of drug-likeness (QED) is 0.618. The van der Waals surface area contributed by atoms with Crippen LogP contribution in [0, 0.1) is 10.1 Å². The Morgan fingerprint density at radius 2 is 2.20 bits per heavy atom. The Labute approximate surface area is 122 Å². The summed E-state index contributed by atoms with van der Waals surface area (Å²) in [5, 5.41) is 20.2. The zero-order valence-electron chi connectivity index (χ0n) is 11.4. The normalized spacial score (nSPS) is 12.4. The van der Waals surface area contributed by atoms with Gasteiger partial charge in [0, 0.05) is 18.7 Å². The molecular weight excluding hydrogens is 284 g/mol. The molecular formula is C13H17ClN2O4. The SMILES string of the molecule is CCN(Cc1c(Cl)cccc1[N+](=O)[O-])C(C)CC(=O)O. The summed E-state index contributed by atoms with van der Waals surface area (Å²) in [6, 6.07) is 4.30. The van der Waals surface area contributed by atoms with Crippen molar-refractivity contribution in [3.8, 4) is 0 Å². The number of nitro benzene ring substituents is 1. The molecule has 0 amide bonds. The van der Waals surface area contributed by atoms with E-state index in [4.69, 9.17) is 16.7 Å². The largest absolute Gasteiger partial charge is 0.481 e.